The number of morpholine rings is 1. The van der Waals surface area contributed by atoms with Gasteiger partial charge in [-0.1, -0.05) is 30.3 Å². The zero-order chi connectivity index (χ0) is 25.4. The highest BCUT2D eigenvalue weighted by atomic mass is 127. The highest BCUT2D eigenvalue weighted by Crippen LogP contribution is 2.32. The molecule has 0 N–H and O–H groups in total. The molecule has 1 aliphatic heterocycles. The fraction of sp³-hybridized carbons (Fsp3) is 0.259. The van der Waals surface area contributed by atoms with Gasteiger partial charge in [-0.15, -0.1) is 0 Å². The lowest BCUT2D eigenvalue weighted by molar-refractivity contribution is -0.384. The minimum atomic E-state index is -0.473. The molecule has 1 fully saturated rings. The van der Waals surface area contributed by atoms with Crippen LogP contribution in [0, 0.1) is 10.1 Å². The lowest BCUT2D eigenvalue weighted by atomic mass is 10.0. The van der Waals surface area contributed by atoms with E-state index in [4.69, 9.17) is 9.84 Å². The third-order valence-corrected chi connectivity index (χ3v) is 6.46. The number of fused-ring (bicyclic) bond motifs is 1. The van der Waals surface area contributed by atoms with E-state index < -0.39 is 10.5 Å². The van der Waals surface area contributed by atoms with Gasteiger partial charge in [-0.25, -0.2) is 0 Å². The molecule has 3 aromatic carbocycles. The van der Waals surface area contributed by atoms with Gasteiger partial charge in [0.15, 0.2) is 0 Å². The van der Waals surface area contributed by atoms with Crippen LogP contribution in [0.15, 0.2) is 71.5 Å². The van der Waals surface area contributed by atoms with Gasteiger partial charge in [0.25, 0.3) is 11.2 Å². The van der Waals surface area contributed by atoms with E-state index in [-0.39, 0.29) is 35.4 Å². The SMILES string of the molecule is C[N+](C)(C)c1cccc(-c2nn(-c3cc(N4CCOCC4)ccc3[N+](=O)[O-])c(=O)c3ccccc23)c1.[I-]. The third kappa shape index (κ3) is 5.22. The van der Waals surface area contributed by atoms with E-state index in [2.05, 4.69) is 26.0 Å². The van der Waals surface area contributed by atoms with Crippen molar-refractivity contribution in [3.05, 3.63) is 87.2 Å². The van der Waals surface area contributed by atoms with Crippen molar-refractivity contribution in [1.82, 2.24) is 14.3 Å². The third-order valence-electron chi connectivity index (χ3n) is 6.46. The normalized spacial score (nSPS) is 13.9. The van der Waals surface area contributed by atoms with Crippen molar-refractivity contribution in [2.45, 2.75) is 0 Å². The van der Waals surface area contributed by atoms with Gasteiger partial charge in [-0.3, -0.25) is 19.4 Å². The standard InChI is InChI=1S/C27H28N5O4.HI/c1-32(2,3)21-8-6-7-19(17-21)26-22-9-4-5-10-23(22)27(33)30(28-26)25-18-20(11-12-24(25)31(34)35)29-13-15-36-16-14-29;/h4-12,17-18H,13-16H2,1-3H3;1H/q+1;/p-1. The predicted octanol–water partition coefficient (Wildman–Crippen LogP) is 0.998. The van der Waals surface area contributed by atoms with Crippen LogP contribution in [0.1, 0.15) is 0 Å². The number of hydrogen-bond donors (Lipinski definition) is 0. The number of aromatic nitrogens is 2. The number of anilines is 1. The molecule has 0 aliphatic carbocycles. The first-order valence-corrected chi connectivity index (χ1v) is 11.8. The number of quaternary nitrogens is 1. The van der Waals surface area contributed by atoms with Crippen molar-refractivity contribution in [3.8, 4) is 16.9 Å². The van der Waals surface area contributed by atoms with Crippen molar-refractivity contribution in [2.75, 3.05) is 52.3 Å². The molecule has 0 unspecified atom stereocenters. The fourth-order valence-electron chi connectivity index (χ4n) is 4.49. The summed E-state index contributed by atoms with van der Waals surface area (Å²) < 4.78 is 7.23. The molecular formula is C27H28IN5O4. The Labute approximate surface area is 231 Å². The molecule has 10 heteroatoms. The smallest absolute Gasteiger partial charge is 0.295 e. The van der Waals surface area contributed by atoms with Gasteiger partial charge in [0, 0.05) is 41.9 Å². The summed E-state index contributed by atoms with van der Waals surface area (Å²) >= 11 is 0. The van der Waals surface area contributed by atoms with Gasteiger partial charge in [-0.2, -0.15) is 9.78 Å². The molecule has 0 amide bonds. The molecule has 37 heavy (non-hydrogen) atoms. The first-order valence-electron chi connectivity index (χ1n) is 11.8. The Bertz CT molecular complexity index is 1520. The summed E-state index contributed by atoms with van der Waals surface area (Å²) in [5.41, 5.74) is 2.83. The van der Waals surface area contributed by atoms with E-state index in [1.807, 2.05) is 36.4 Å². The van der Waals surface area contributed by atoms with Crippen molar-refractivity contribution >= 4 is 27.8 Å². The van der Waals surface area contributed by atoms with Crippen molar-refractivity contribution in [2.24, 2.45) is 0 Å². The number of nitro groups is 1. The average Bonchev–Trinajstić information content (AvgIpc) is 2.89. The van der Waals surface area contributed by atoms with E-state index in [9.17, 15) is 14.9 Å². The molecule has 0 atom stereocenters. The van der Waals surface area contributed by atoms with Crippen LogP contribution >= 0.6 is 0 Å². The number of nitro benzene ring substituents is 1. The molecule has 2 heterocycles. The van der Waals surface area contributed by atoms with Gasteiger partial charge in [-0.05, 0) is 24.3 Å². The van der Waals surface area contributed by atoms with Crippen LogP contribution < -0.4 is 38.9 Å². The fourth-order valence-corrected chi connectivity index (χ4v) is 4.49. The molecule has 1 saturated heterocycles. The number of ether oxygens (including phenoxy) is 1. The van der Waals surface area contributed by atoms with Gasteiger partial charge < -0.3 is 33.6 Å². The Balaban J connectivity index is 0.00000320. The first-order chi connectivity index (χ1) is 17.2. The lowest BCUT2D eigenvalue weighted by Crippen LogP contribution is -3.00. The summed E-state index contributed by atoms with van der Waals surface area (Å²) in [5, 5.41) is 17.9. The van der Waals surface area contributed by atoms with Crippen molar-refractivity contribution in [1.29, 1.82) is 0 Å². The van der Waals surface area contributed by atoms with Gasteiger partial charge in [0.2, 0.25) is 0 Å². The molecule has 5 rings (SSSR count). The van der Waals surface area contributed by atoms with Gasteiger partial charge in [0.05, 0.1) is 50.4 Å². The molecular weight excluding hydrogens is 585 g/mol. The Morgan fingerprint density at radius 2 is 1.65 bits per heavy atom. The van der Waals surface area contributed by atoms with Crippen molar-refractivity contribution < 1.29 is 33.6 Å². The molecule has 4 aromatic rings. The summed E-state index contributed by atoms with van der Waals surface area (Å²) in [6.45, 7) is 2.49. The first kappa shape index (κ1) is 26.7. The van der Waals surface area contributed by atoms with Crippen LogP contribution in [0.2, 0.25) is 0 Å². The second-order valence-corrected chi connectivity index (χ2v) is 9.70. The average molecular weight is 613 g/mol. The highest BCUT2D eigenvalue weighted by molar-refractivity contribution is 5.94. The second-order valence-electron chi connectivity index (χ2n) is 9.70. The molecule has 192 valence electrons. The zero-order valence-electron chi connectivity index (χ0n) is 20.9. The lowest BCUT2D eigenvalue weighted by Gasteiger charge is -2.29. The minimum absolute atomic E-state index is 0. The number of halogens is 1. The maximum Gasteiger partial charge on any atom is 0.295 e. The monoisotopic (exact) mass is 613 g/mol. The van der Waals surface area contributed by atoms with Crippen LogP contribution in [-0.4, -0.2) is 62.2 Å². The van der Waals surface area contributed by atoms with Crippen LogP contribution in [0.25, 0.3) is 27.7 Å². The van der Waals surface area contributed by atoms with E-state index >= 15 is 0 Å². The number of nitrogens with zero attached hydrogens (tertiary/aromatic N) is 5. The van der Waals surface area contributed by atoms with E-state index in [0.29, 0.717) is 47.3 Å². The summed E-state index contributed by atoms with van der Waals surface area (Å²) in [7, 11) is 6.23. The maximum atomic E-state index is 13.6. The Morgan fingerprint density at radius 3 is 2.32 bits per heavy atom. The van der Waals surface area contributed by atoms with E-state index in [0.717, 1.165) is 16.9 Å². The summed E-state index contributed by atoms with van der Waals surface area (Å²) in [4.78, 5) is 27.3. The quantitative estimate of drug-likeness (QED) is 0.145. The number of benzene rings is 3. The topological polar surface area (TPSA) is 90.5 Å². The molecule has 0 saturated carbocycles. The second kappa shape index (κ2) is 10.6. The van der Waals surface area contributed by atoms with E-state index in [1.165, 1.54) is 10.7 Å². The molecule has 0 bridgehead atoms. The molecule has 9 nitrogen and oxygen atoms in total. The van der Waals surface area contributed by atoms with Gasteiger partial charge in [0.1, 0.15) is 11.4 Å². The van der Waals surface area contributed by atoms with Gasteiger partial charge >= 0.3 is 0 Å². The van der Waals surface area contributed by atoms with Crippen LogP contribution in [0.5, 0.6) is 0 Å². The number of hydrogen-bond acceptors (Lipinski definition) is 6. The summed E-state index contributed by atoms with van der Waals surface area (Å²) in [5.74, 6) is 0. The number of rotatable bonds is 5. The Hall–Kier alpha value is -3.35. The molecule has 0 spiro atoms. The largest absolute Gasteiger partial charge is 1.00 e. The molecule has 1 aromatic heterocycles. The summed E-state index contributed by atoms with van der Waals surface area (Å²) in [6.07, 6.45) is 0. The van der Waals surface area contributed by atoms with Crippen LogP contribution in [0.3, 0.4) is 0 Å². The predicted molar refractivity (Wildman–Crippen MR) is 142 cm³/mol. The van der Waals surface area contributed by atoms with Crippen LogP contribution in [0.4, 0.5) is 17.1 Å². The minimum Gasteiger partial charge on any atom is -1.00 e. The molecule has 1 aliphatic rings. The van der Waals surface area contributed by atoms with E-state index in [1.54, 1.807) is 24.3 Å². The summed E-state index contributed by atoms with van der Waals surface area (Å²) in [6, 6.07) is 20.1. The Kier molecular flexibility index (Phi) is 7.62. The molecule has 0 radical (unpaired) electrons. The van der Waals surface area contributed by atoms with Crippen LogP contribution in [-0.2, 0) is 4.74 Å². The zero-order valence-corrected chi connectivity index (χ0v) is 23.1. The maximum absolute atomic E-state index is 13.6. The highest BCUT2D eigenvalue weighted by Gasteiger charge is 2.23. The Morgan fingerprint density at radius 1 is 0.946 bits per heavy atom. The van der Waals surface area contributed by atoms with Crippen molar-refractivity contribution in [3.63, 3.8) is 0 Å².